The third-order valence-electron chi connectivity index (χ3n) is 2.04. The summed E-state index contributed by atoms with van der Waals surface area (Å²) in [6, 6.07) is -0.228. The Morgan fingerprint density at radius 2 is 2.38 bits per heavy atom. The zero-order chi connectivity index (χ0) is 9.26. The highest BCUT2D eigenvalue weighted by Crippen LogP contribution is 2.20. The van der Waals surface area contributed by atoms with Crippen molar-refractivity contribution in [2.75, 3.05) is 0 Å². The van der Waals surface area contributed by atoms with Gasteiger partial charge in [-0.25, -0.2) is 4.98 Å². The van der Waals surface area contributed by atoms with Crippen LogP contribution < -0.4 is 5.73 Å². The van der Waals surface area contributed by atoms with Crippen molar-refractivity contribution in [1.82, 2.24) is 9.97 Å². The van der Waals surface area contributed by atoms with Gasteiger partial charge in [-0.05, 0) is 12.5 Å². The summed E-state index contributed by atoms with van der Waals surface area (Å²) in [6.07, 6.45) is 6.77. The van der Waals surface area contributed by atoms with E-state index in [0.29, 0.717) is 0 Å². The van der Waals surface area contributed by atoms with Gasteiger partial charge in [0.05, 0.1) is 18.6 Å². The number of nitrogens with one attached hydrogen (secondary N) is 1. The van der Waals surface area contributed by atoms with E-state index in [4.69, 9.17) is 10.2 Å². The van der Waals surface area contributed by atoms with E-state index in [9.17, 15) is 0 Å². The molecule has 0 aliphatic heterocycles. The van der Waals surface area contributed by atoms with Crippen molar-refractivity contribution >= 4 is 0 Å². The Morgan fingerprint density at radius 3 is 2.92 bits per heavy atom. The van der Waals surface area contributed by atoms with Crippen molar-refractivity contribution in [3.63, 3.8) is 0 Å². The number of imidazole rings is 1. The van der Waals surface area contributed by atoms with Gasteiger partial charge in [-0.1, -0.05) is 0 Å². The minimum absolute atomic E-state index is 0.228. The monoisotopic (exact) mass is 177 g/mol. The van der Waals surface area contributed by atoms with E-state index in [-0.39, 0.29) is 6.04 Å². The molecule has 0 fully saturated rings. The van der Waals surface area contributed by atoms with Gasteiger partial charge < -0.3 is 15.1 Å². The third kappa shape index (κ3) is 1.36. The van der Waals surface area contributed by atoms with Crippen molar-refractivity contribution in [1.29, 1.82) is 0 Å². The van der Waals surface area contributed by atoms with E-state index in [1.807, 2.05) is 6.92 Å². The molecule has 2 aromatic rings. The molecule has 0 aliphatic carbocycles. The number of H-pyrrole nitrogens is 1. The molecule has 4 nitrogen and oxygen atoms in total. The average molecular weight is 177 g/mol. The Hall–Kier alpha value is -1.55. The first kappa shape index (κ1) is 8.07. The van der Waals surface area contributed by atoms with Gasteiger partial charge in [0, 0.05) is 18.0 Å². The number of rotatable bonds is 2. The molecule has 4 heteroatoms. The van der Waals surface area contributed by atoms with Crippen molar-refractivity contribution in [2.24, 2.45) is 5.73 Å². The summed E-state index contributed by atoms with van der Waals surface area (Å²) in [5.74, 6) is 0.754. The lowest BCUT2D eigenvalue weighted by Gasteiger charge is -2.06. The van der Waals surface area contributed by atoms with Crippen LogP contribution in [0.5, 0.6) is 0 Å². The summed E-state index contributed by atoms with van der Waals surface area (Å²) in [5, 5.41) is 0. The van der Waals surface area contributed by atoms with Crippen molar-refractivity contribution in [2.45, 2.75) is 13.0 Å². The molecule has 2 rings (SSSR count). The van der Waals surface area contributed by atoms with Crippen LogP contribution in [0, 0.1) is 6.92 Å². The van der Waals surface area contributed by atoms with Crippen molar-refractivity contribution in [3.05, 3.63) is 41.9 Å². The Balaban J connectivity index is 2.33. The maximum Gasteiger partial charge on any atom is 0.127 e. The van der Waals surface area contributed by atoms with Gasteiger partial charge in [-0.3, -0.25) is 0 Å². The normalized spacial score (nSPS) is 13.1. The Bertz CT molecular complexity index is 377. The lowest BCUT2D eigenvalue weighted by Crippen LogP contribution is -2.13. The van der Waals surface area contributed by atoms with Gasteiger partial charge in [-0.2, -0.15) is 0 Å². The fraction of sp³-hybridized carbons (Fsp3) is 0.222. The predicted molar refractivity (Wildman–Crippen MR) is 48.1 cm³/mol. The fourth-order valence-electron chi connectivity index (χ4n) is 1.28. The van der Waals surface area contributed by atoms with E-state index < -0.39 is 0 Å². The zero-order valence-electron chi connectivity index (χ0n) is 7.32. The Morgan fingerprint density at radius 1 is 1.54 bits per heavy atom. The Labute approximate surface area is 75.8 Å². The summed E-state index contributed by atoms with van der Waals surface area (Å²) >= 11 is 0. The highest BCUT2D eigenvalue weighted by atomic mass is 16.3. The predicted octanol–water partition coefficient (Wildman–Crippen LogP) is 1.36. The topological polar surface area (TPSA) is 67.8 Å². The highest BCUT2D eigenvalue weighted by Gasteiger charge is 2.14. The largest absolute Gasteiger partial charge is 0.472 e. The molecule has 68 valence electrons. The Kier molecular flexibility index (Phi) is 1.90. The molecule has 0 spiro atoms. The molecule has 0 amide bonds. The number of nitrogens with two attached hydrogens (primary N) is 1. The van der Waals surface area contributed by atoms with Crippen LogP contribution in [0.2, 0.25) is 0 Å². The van der Waals surface area contributed by atoms with Gasteiger partial charge in [-0.15, -0.1) is 0 Å². The van der Waals surface area contributed by atoms with E-state index in [1.165, 1.54) is 0 Å². The van der Waals surface area contributed by atoms with E-state index >= 15 is 0 Å². The van der Waals surface area contributed by atoms with Gasteiger partial charge in [0.25, 0.3) is 0 Å². The summed E-state index contributed by atoms with van der Waals surface area (Å²) in [6.45, 7) is 1.96. The van der Waals surface area contributed by atoms with E-state index in [0.717, 1.165) is 17.0 Å². The number of aromatic amines is 1. The van der Waals surface area contributed by atoms with Gasteiger partial charge in [0.2, 0.25) is 0 Å². The first-order valence-electron chi connectivity index (χ1n) is 4.06. The minimum Gasteiger partial charge on any atom is -0.472 e. The average Bonchev–Trinajstić information content (AvgIpc) is 2.72. The second-order valence-electron chi connectivity index (χ2n) is 2.96. The lowest BCUT2D eigenvalue weighted by atomic mass is 10.1. The number of hydrogen-bond acceptors (Lipinski definition) is 3. The summed E-state index contributed by atoms with van der Waals surface area (Å²) in [7, 11) is 0. The number of hydrogen-bond donors (Lipinski definition) is 2. The summed E-state index contributed by atoms with van der Waals surface area (Å²) in [4.78, 5) is 7.07. The second-order valence-corrected chi connectivity index (χ2v) is 2.96. The molecule has 0 saturated heterocycles. The number of aromatic nitrogens is 2. The van der Waals surface area contributed by atoms with Gasteiger partial charge in [0.1, 0.15) is 5.82 Å². The SMILES string of the molecule is Cc1cocc1C(N)c1ncc[nH]1. The van der Waals surface area contributed by atoms with Crippen molar-refractivity contribution < 1.29 is 4.42 Å². The molecule has 0 aliphatic rings. The molecule has 3 N–H and O–H groups in total. The van der Waals surface area contributed by atoms with Crippen LogP contribution in [0.15, 0.2) is 29.3 Å². The quantitative estimate of drug-likeness (QED) is 0.727. The third-order valence-corrected chi connectivity index (χ3v) is 2.04. The van der Waals surface area contributed by atoms with Crippen LogP contribution in [-0.2, 0) is 0 Å². The van der Waals surface area contributed by atoms with Gasteiger partial charge in [0.15, 0.2) is 0 Å². The molecule has 2 aromatic heterocycles. The van der Waals surface area contributed by atoms with Crippen LogP contribution >= 0.6 is 0 Å². The van der Waals surface area contributed by atoms with Gasteiger partial charge >= 0.3 is 0 Å². The number of aryl methyl sites for hydroxylation is 1. The van der Waals surface area contributed by atoms with E-state index in [2.05, 4.69) is 9.97 Å². The van der Waals surface area contributed by atoms with E-state index in [1.54, 1.807) is 24.9 Å². The smallest absolute Gasteiger partial charge is 0.127 e. The van der Waals surface area contributed by atoms with Crippen molar-refractivity contribution in [3.8, 4) is 0 Å². The first-order valence-corrected chi connectivity index (χ1v) is 4.06. The molecule has 1 unspecified atom stereocenters. The molecule has 0 saturated carbocycles. The summed E-state index contributed by atoms with van der Waals surface area (Å²) < 4.78 is 5.04. The molecule has 0 bridgehead atoms. The molecule has 1 atom stereocenters. The second kappa shape index (κ2) is 3.06. The maximum absolute atomic E-state index is 5.95. The maximum atomic E-state index is 5.95. The molecular weight excluding hydrogens is 166 g/mol. The lowest BCUT2D eigenvalue weighted by molar-refractivity contribution is 0.560. The molecular formula is C9H11N3O. The minimum atomic E-state index is -0.228. The summed E-state index contributed by atoms with van der Waals surface area (Å²) in [5.41, 5.74) is 7.97. The fourth-order valence-corrected chi connectivity index (χ4v) is 1.28. The van der Waals surface area contributed by atoms with Crippen LogP contribution in [0.1, 0.15) is 23.0 Å². The van der Waals surface area contributed by atoms with Crippen LogP contribution in [0.25, 0.3) is 0 Å². The molecule has 0 radical (unpaired) electrons. The first-order chi connectivity index (χ1) is 6.29. The molecule has 13 heavy (non-hydrogen) atoms. The molecule has 0 aromatic carbocycles. The standard InChI is InChI=1S/C9H11N3O/c1-6-4-13-5-7(6)8(10)9-11-2-3-12-9/h2-5,8H,10H2,1H3,(H,11,12). The molecule has 2 heterocycles. The highest BCUT2D eigenvalue weighted by molar-refractivity contribution is 5.27. The van der Waals surface area contributed by atoms with Crippen LogP contribution in [0.3, 0.4) is 0 Å². The number of furan rings is 1. The zero-order valence-corrected chi connectivity index (χ0v) is 7.32. The van der Waals surface area contributed by atoms with Crippen LogP contribution in [-0.4, -0.2) is 9.97 Å². The number of nitrogens with zero attached hydrogens (tertiary/aromatic N) is 1. The van der Waals surface area contributed by atoms with Crippen LogP contribution in [0.4, 0.5) is 0 Å².